The lowest BCUT2D eigenvalue weighted by atomic mass is 10.1. The van der Waals surface area contributed by atoms with E-state index in [9.17, 15) is 4.79 Å². The minimum atomic E-state index is -0.313. The van der Waals surface area contributed by atoms with Gasteiger partial charge < -0.3 is 9.15 Å². The molecule has 5 nitrogen and oxygen atoms in total. The molecule has 24 heavy (non-hydrogen) atoms. The first-order valence-electron chi connectivity index (χ1n) is 8.14. The van der Waals surface area contributed by atoms with Crippen molar-refractivity contribution in [2.24, 2.45) is 11.0 Å². The molecular weight excluding hydrogens is 304 g/mol. The molecule has 1 saturated carbocycles. The van der Waals surface area contributed by atoms with Gasteiger partial charge in [0.25, 0.3) is 5.91 Å². The van der Waals surface area contributed by atoms with Gasteiger partial charge in [0.2, 0.25) is 0 Å². The van der Waals surface area contributed by atoms with Crippen molar-refractivity contribution in [1.29, 1.82) is 0 Å². The summed E-state index contributed by atoms with van der Waals surface area (Å²) >= 11 is 0. The summed E-state index contributed by atoms with van der Waals surface area (Å²) in [4.78, 5) is 11.7. The molecule has 1 heterocycles. The first-order chi connectivity index (χ1) is 11.5. The Kier molecular flexibility index (Phi) is 4.69. The summed E-state index contributed by atoms with van der Waals surface area (Å²) in [6.07, 6.45) is 2.68. The molecule has 1 aliphatic rings. The van der Waals surface area contributed by atoms with Crippen molar-refractivity contribution in [1.82, 2.24) is 5.43 Å². The minimum Gasteiger partial charge on any atom is -0.484 e. The lowest BCUT2D eigenvalue weighted by Gasteiger charge is -2.07. The zero-order chi connectivity index (χ0) is 17.1. The minimum absolute atomic E-state index is 0.0805. The smallest absolute Gasteiger partial charge is 0.277 e. The third-order valence-corrected chi connectivity index (χ3v) is 4.35. The summed E-state index contributed by atoms with van der Waals surface area (Å²) in [5, 5.41) is 3.90. The summed E-state index contributed by atoms with van der Waals surface area (Å²) in [6.45, 7) is 6.16. The van der Waals surface area contributed by atoms with Gasteiger partial charge in [-0.2, -0.15) is 5.10 Å². The molecule has 0 bridgehead atoms. The molecule has 5 heteroatoms. The van der Waals surface area contributed by atoms with Gasteiger partial charge in [-0.05, 0) is 61.6 Å². The lowest BCUT2D eigenvalue weighted by molar-refractivity contribution is -0.123. The number of nitrogens with one attached hydrogen (secondary N) is 1. The molecule has 0 spiro atoms. The number of hydrazone groups is 1. The zero-order valence-corrected chi connectivity index (χ0v) is 14.2. The molecule has 2 aromatic rings. The van der Waals surface area contributed by atoms with Crippen molar-refractivity contribution in [3.8, 4) is 5.75 Å². The Bertz CT molecular complexity index is 764. The second-order valence-corrected chi connectivity index (χ2v) is 6.39. The van der Waals surface area contributed by atoms with Crippen LogP contribution in [0.4, 0.5) is 0 Å². The van der Waals surface area contributed by atoms with Crippen LogP contribution in [0.3, 0.4) is 0 Å². The average Bonchev–Trinajstić information content (AvgIpc) is 3.09. The van der Waals surface area contributed by atoms with Crippen LogP contribution >= 0.6 is 0 Å². The van der Waals surface area contributed by atoms with Gasteiger partial charge in [0, 0.05) is 5.92 Å². The Balaban J connectivity index is 1.44. The summed E-state index contributed by atoms with van der Waals surface area (Å²) in [7, 11) is 0. The van der Waals surface area contributed by atoms with Gasteiger partial charge >= 0.3 is 0 Å². The highest BCUT2D eigenvalue weighted by Gasteiger charge is 2.36. The van der Waals surface area contributed by atoms with Gasteiger partial charge in [0.1, 0.15) is 17.3 Å². The van der Waals surface area contributed by atoms with Crippen LogP contribution in [0, 0.1) is 19.8 Å². The maximum atomic E-state index is 11.7. The molecule has 1 aromatic carbocycles. The van der Waals surface area contributed by atoms with Crippen LogP contribution in [-0.4, -0.2) is 18.7 Å². The molecule has 0 radical (unpaired) electrons. The fourth-order valence-electron chi connectivity index (χ4n) is 2.51. The normalized spacial score (nSPS) is 19.5. The highest BCUT2D eigenvalue weighted by Crippen LogP contribution is 2.47. The zero-order valence-electron chi connectivity index (χ0n) is 14.2. The molecule has 0 aliphatic heterocycles. The number of hydrogen-bond acceptors (Lipinski definition) is 4. The molecule has 0 unspecified atom stereocenters. The van der Waals surface area contributed by atoms with E-state index in [4.69, 9.17) is 9.15 Å². The largest absolute Gasteiger partial charge is 0.484 e. The Morgan fingerprint density at radius 2 is 2.12 bits per heavy atom. The topological polar surface area (TPSA) is 63.8 Å². The van der Waals surface area contributed by atoms with Crippen LogP contribution in [0.25, 0.3) is 0 Å². The van der Waals surface area contributed by atoms with Crippen LogP contribution in [-0.2, 0) is 4.79 Å². The molecule has 1 amide bonds. The molecule has 1 N–H and O–H groups in total. The first-order valence-corrected chi connectivity index (χ1v) is 8.14. The lowest BCUT2D eigenvalue weighted by Crippen LogP contribution is -2.24. The van der Waals surface area contributed by atoms with Crippen LogP contribution < -0.4 is 10.2 Å². The average molecular weight is 326 g/mol. The number of aryl methyl sites for hydroxylation is 2. The van der Waals surface area contributed by atoms with Crippen LogP contribution in [0.2, 0.25) is 0 Å². The second-order valence-electron chi connectivity index (χ2n) is 6.39. The van der Waals surface area contributed by atoms with Gasteiger partial charge in [0.15, 0.2) is 6.61 Å². The first kappa shape index (κ1) is 16.3. The van der Waals surface area contributed by atoms with Crippen molar-refractivity contribution in [2.75, 3.05) is 6.61 Å². The van der Waals surface area contributed by atoms with Crippen molar-refractivity contribution < 1.29 is 13.9 Å². The standard InChI is InChI=1S/C19H22N2O3/c1-12-4-5-15(8-13(12)2)23-11-19(22)21-20-10-16-6-7-18(24-16)17-9-14(17)3/h4-8,10,14,17H,9,11H2,1-3H3,(H,21,22)/b20-10-/t14-,17-/m0/s1. The van der Waals surface area contributed by atoms with E-state index in [1.165, 1.54) is 18.2 Å². The number of rotatable bonds is 6. The quantitative estimate of drug-likeness (QED) is 0.652. The number of benzene rings is 1. The Labute approximate surface area is 141 Å². The van der Waals surface area contributed by atoms with Gasteiger partial charge in [-0.1, -0.05) is 13.0 Å². The number of amides is 1. The summed E-state index contributed by atoms with van der Waals surface area (Å²) in [6, 6.07) is 9.56. The number of carbonyl (C=O) groups excluding carboxylic acids is 1. The van der Waals surface area contributed by atoms with E-state index in [1.54, 1.807) is 0 Å². The van der Waals surface area contributed by atoms with E-state index >= 15 is 0 Å². The number of ether oxygens (including phenoxy) is 1. The third-order valence-electron chi connectivity index (χ3n) is 4.35. The molecule has 126 valence electrons. The number of nitrogens with zero attached hydrogens (tertiary/aromatic N) is 1. The van der Waals surface area contributed by atoms with E-state index in [0.29, 0.717) is 23.3 Å². The number of hydrogen-bond donors (Lipinski definition) is 1. The van der Waals surface area contributed by atoms with Crippen LogP contribution in [0.15, 0.2) is 39.9 Å². The summed E-state index contributed by atoms with van der Waals surface area (Å²) in [5.74, 6) is 3.22. The SMILES string of the molecule is Cc1ccc(OCC(=O)N/N=C\c2ccc([C@H]3C[C@@H]3C)o2)cc1C. The predicted octanol–water partition coefficient (Wildman–Crippen LogP) is 3.55. The Hall–Kier alpha value is -2.56. The van der Waals surface area contributed by atoms with Gasteiger partial charge in [0.05, 0.1) is 6.21 Å². The fraction of sp³-hybridized carbons (Fsp3) is 0.368. The molecule has 1 aromatic heterocycles. The van der Waals surface area contributed by atoms with Gasteiger partial charge in [-0.3, -0.25) is 4.79 Å². The van der Waals surface area contributed by atoms with E-state index in [1.807, 2.05) is 44.2 Å². The van der Waals surface area contributed by atoms with Gasteiger partial charge in [-0.25, -0.2) is 5.43 Å². The Morgan fingerprint density at radius 3 is 2.83 bits per heavy atom. The Morgan fingerprint density at radius 1 is 1.33 bits per heavy atom. The second kappa shape index (κ2) is 6.91. The monoisotopic (exact) mass is 326 g/mol. The van der Waals surface area contributed by atoms with E-state index < -0.39 is 0 Å². The fourth-order valence-corrected chi connectivity index (χ4v) is 2.51. The predicted molar refractivity (Wildman–Crippen MR) is 92.4 cm³/mol. The number of carbonyl (C=O) groups is 1. The van der Waals surface area contributed by atoms with Crippen molar-refractivity contribution >= 4 is 12.1 Å². The van der Waals surface area contributed by atoms with Crippen molar-refractivity contribution in [3.05, 3.63) is 53.0 Å². The maximum Gasteiger partial charge on any atom is 0.277 e. The van der Waals surface area contributed by atoms with Crippen LogP contribution in [0.5, 0.6) is 5.75 Å². The number of furan rings is 1. The van der Waals surface area contributed by atoms with Crippen molar-refractivity contribution in [3.63, 3.8) is 0 Å². The van der Waals surface area contributed by atoms with E-state index in [0.717, 1.165) is 11.3 Å². The molecular formula is C19H22N2O3. The van der Waals surface area contributed by atoms with E-state index in [2.05, 4.69) is 17.5 Å². The third kappa shape index (κ3) is 4.04. The maximum absolute atomic E-state index is 11.7. The van der Waals surface area contributed by atoms with Gasteiger partial charge in [-0.15, -0.1) is 0 Å². The van der Waals surface area contributed by atoms with Crippen LogP contribution in [0.1, 0.15) is 41.9 Å². The summed E-state index contributed by atoms with van der Waals surface area (Å²) in [5.41, 5.74) is 4.75. The highest BCUT2D eigenvalue weighted by atomic mass is 16.5. The summed E-state index contributed by atoms with van der Waals surface area (Å²) < 4.78 is 11.1. The molecule has 1 aliphatic carbocycles. The highest BCUT2D eigenvalue weighted by molar-refractivity contribution is 5.81. The molecule has 1 fully saturated rings. The molecule has 2 atom stereocenters. The van der Waals surface area contributed by atoms with E-state index in [-0.39, 0.29) is 12.5 Å². The molecule has 0 saturated heterocycles. The molecule has 3 rings (SSSR count). The van der Waals surface area contributed by atoms with Crippen molar-refractivity contribution in [2.45, 2.75) is 33.1 Å².